The van der Waals surface area contributed by atoms with Crippen LogP contribution in [0.15, 0.2) is 60.8 Å². The van der Waals surface area contributed by atoms with Gasteiger partial charge in [0, 0.05) is 29.8 Å². The Morgan fingerprint density at radius 3 is 2.46 bits per heavy atom. The predicted molar refractivity (Wildman–Crippen MR) is 109 cm³/mol. The van der Waals surface area contributed by atoms with Gasteiger partial charge in [-0.2, -0.15) is 0 Å². The molecule has 2 aromatic carbocycles. The van der Waals surface area contributed by atoms with Gasteiger partial charge in [-0.25, -0.2) is 8.78 Å². The highest BCUT2D eigenvalue weighted by Gasteiger charge is 2.23. The van der Waals surface area contributed by atoms with Gasteiger partial charge in [-0.1, -0.05) is 49.6 Å². The summed E-state index contributed by atoms with van der Waals surface area (Å²) in [5, 5.41) is 8.81. The van der Waals surface area contributed by atoms with E-state index < -0.39 is 11.6 Å². The van der Waals surface area contributed by atoms with Crippen molar-refractivity contribution >= 4 is 5.71 Å². The molecule has 0 saturated heterocycles. The Bertz CT molecular complexity index is 970. The quantitative estimate of drug-likeness (QED) is 0.496. The zero-order valence-electron chi connectivity index (χ0n) is 15.8. The molecule has 1 aliphatic carbocycles. The SMILES string of the molecule is N=C(c1cc(-c2cc(F)ccc2F)cn1Cc1ccccc1)C1CCCCC1. The number of aromatic nitrogens is 1. The molecule has 1 saturated carbocycles. The van der Waals surface area contributed by atoms with Gasteiger partial charge in [-0.3, -0.25) is 0 Å². The summed E-state index contributed by atoms with van der Waals surface area (Å²) in [6, 6.07) is 15.4. The number of halogens is 2. The van der Waals surface area contributed by atoms with Crippen LogP contribution in [0.2, 0.25) is 0 Å². The van der Waals surface area contributed by atoms with E-state index >= 15 is 0 Å². The van der Waals surface area contributed by atoms with Crippen LogP contribution in [0.4, 0.5) is 8.78 Å². The lowest BCUT2D eigenvalue weighted by Gasteiger charge is -2.23. The topological polar surface area (TPSA) is 28.8 Å². The third kappa shape index (κ3) is 3.91. The van der Waals surface area contributed by atoms with Crippen LogP contribution in [0, 0.1) is 23.0 Å². The maximum Gasteiger partial charge on any atom is 0.131 e. The summed E-state index contributed by atoms with van der Waals surface area (Å²) in [6.07, 6.45) is 7.43. The Balaban J connectivity index is 1.74. The molecule has 0 spiro atoms. The van der Waals surface area contributed by atoms with Gasteiger partial charge in [0.1, 0.15) is 11.6 Å². The molecule has 0 unspecified atom stereocenters. The first kappa shape index (κ1) is 18.6. The number of benzene rings is 2. The van der Waals surface area contributed by atoms with E-state index in [1.165, 1.54) is 12.5 Å². The van der Waals surface area contributed by atoms with Crippen molar-refractivity contribution in [2.45, 2.75) is 38.6 Å². The minimum Gasteiger partial charge on any atom is -0.341 e. The first-order valence-corrected chi connectivity index (χ1v) is 9.90. The molecule has 0 aliphatic heterocycles. The van der Waals surface area contributed by atoms with Gasteiger partial charge in [0.05, 0.1) is 11.4 Å². The highest BCUT2D eigenvalue weighted by molar-refractivity contribution is 6.00. The fourth-order valence-corrected chi connectivity index (χ4v) is 4.11. The monoisotopic (exact) mass is 378 g/mol. The van der Waals surface area contributed by atoms with Gasteiger partial charge in [0.15, 0.2) is 0 Å². The van der Waals surface area contributed by atoms with E-state index in [0.717, 1.165) is 49.1 Å². The average molecular weight is 378 g/mol. The molecule has 144 valence electrons. The van der Waals surface area contributed by atoms with Crippen LogP contribution < -0.4 is 0 Å². The van der Waals surface area contributed by atoms with Crippen LogP contribution in [0.3, 0.4) is 0 Å². The van der Waals surface area contributed by atoms with Crippen LogP contribution in [0.1, 0.15) is 43.4 Å². The molecule has 0 radical (unpaired) electrons. The number of nitrogens with one attached hydrogen (secondary N) is 1. The molecule has 4 heteroatoms. The number of rotatable bonds is 5. The Labute approximate surface area is 164 Å². The minimum absolute atomic E-state index is 0.239. The zero-order chi connectivity index (χ0) is 19.5. The van der Waals surface area contributed by atoms with Crippen LogP contribution >= 0.6 is 0 Å². The fraction of sp³-hybridized carbons (Fsp3) is 0.292. The average Bonchev–Trinajstić information content (AvgIpc) is 3.14. The standard InChI is InChI=1S/C24H24F2N2/c25-20-11-12-22(26)21(14-20)19-13-23(24(27)18-9-5-2-6-10-18)28(16-19)15-17-7-3-1-4-8-17/h1,3-4,7-8,11-14,16,18,27H,2,5-6,9-10,15H2. The molecule has 1 heterocycles. The van der Waals surface area contributed by atoms with Gasteiger partial charge in [0.2, 0.25) is 0 Å². The molecular formula is C24H24F2N2. The summed E-state index contributed by atoms with van der Waals surface area (Å²) in [5.74, 6) is -0.673. The van der Waals surface area contributed by atoms with Crippen molar-refractivity contribution in [1.82, 2.24) is 4.57 Å². The Morgan fingerprint density at radius 1 is 0.964 bits per heavy atom. The van der Waals surface area contributed by atoms with Crippen molar-refractivity contribution in [2.24, 2.45) is 5.92 Å². The summed E-state index contributed by atoms with van der Waals surface area (Å²) in [7, 11) is 0. The second-order valence-corrected chi connectivity index (χ2v) is 7.60. The third-order valence-corrected chi connectivity index (χ3v) is 5.62. The van der Waals surface area contributed by atoms with Crippen molar-refractivity contribution < 1.29 is 8.78 Å². The van der Waals surface area contributed by atoms with Crippen molar-refractivity contribution in [3.8, 4) is 11.1 Å². The van der Waals surface area contributed by atoms with Crippen LogP contribution in [0.25, 0.3) is 11.1 Å². The highest BCUT2D eigenvalue weighted by Crippen LogP contribution is 2.31. The van der Waals surface area contributed by atoms with E-state index in [9.17, 15) is 8.78 Å². The third-order valence-electron chi connectivity index (χ3n) is 5.62. The van der Waals surface area contributed by atoms with Crippen LogP contribution in [-0.4, -0.2) is 10.3 Å². The summed E-state index contributed by atoms with van der Waals surface area (Å²) in [6.45, 7) is 0.599. The largest absolute Gasteiger partial charge is 0.341 e. The molecule has 1 N–H and O–H groups in total. The normalized spacial score (nSPS) is 14.9. The second kappa shape index (κ2) is 8.09. The lowest BCUT2D eigenvalue weighted by molar-refractivity contribution is 0.437. The first-order valence-electron chi connectivity index (χ1n) is 9.90. The lowest BCUT2D eigenvalue weighted by Crippen LogP contribution is -2.21. The van der Waals surface area contributed by atoms with E-state index in [1.807, 2.05) is 47.2 Å². The molecule has 1 aliphatic rings. The van der Waals surface area contributed by atoms with Gasteiger partial charge in [-0.15, -0.1) is 0 Å². The Morgan fingerprint density at radius 2 is 1.71 bits per heavy atom. The fourth-order valence-electron chi connectivity index (χ4n) is 4.11. The van der Waals surface area contributed by atoms with Crippen molar-refractivity contribution in [1.29, 1.82) is 5.41 Å². The molecule has 0 bridgehead atoms. The molecule has 0 amide bonds. The Kier molecular flexibility index (Phi) is 5.38. The second-order valence-electron chi connectivity index (χ2n) is 7.60. The van der Waals surface area contributed by atoms with Crippen molar-refractivity contribution in [3.63, 3.8) is 0 Å². The van der Waals surface area contributed by atoms with Gasteiger partial charge in [0.25, 0.3) is 0 Å². The maximum absolute atomic E-state index is 14.3. The van der Waals surface area contributed by atoms with Gasteiger partial charge >= 0.3 is 0 Å². The molecule has 0 atom stereocenters. The van der Waals surface area contributed by atoms with E-state index in [4.69, 9.17) is 5.41 Å². The van der Waals surface area contributed by atoms with E-state index in [1.54, 1.807) is 0 Å². The summed E-state index contributed by atoms with van der Waals surface area (Å²) in [5.41, 5.74) is 3.38. The molecule has 1 fully saturated rings. The molecule has 2 nitrogen and oxygen atoms in total. The molecular weight excluding hydrogens is 354 g/mol. The zero-order valence-corrected chi connectivity index (χ0v) is 15.8. The number of hydrogen-bond donors (Lipinski definition) is 1. The smallest absolute Gasteiger partial charge is 0.131 e. The highest BCUT2D eigenvalue weighted by atomic mass is 19.1. The summed E-state index contributed by atoms with van der Waals surface area (Å²) >= 11 is 0. The lowest BCUT2D eigenvalue weighted by atomic mass is 9.84. The van der Waals surface area contributed by atoms with E-state index in [-0.39, 0.29) is 11.5 Å². The van der Waals surface area contributed by atoms with Crippen LogP contribution in [-0.2, 0) is 6.54 Å². The summed E-state index contributed by atoms with van der Waals surface area (Å²) < 4.78 is 30.1. The minimum atomic E-state index is -0.462. The number of hydrogen-bond acceptors (Lipinski definition) is 1. The van der Waals surface area contributed by atoms with Gasteiger partial charge < -0.3 is 9.98 Å². The van der Waals surface area contributed by atoms with Gasteiger partial charge in [-0.05, 0) is 42.7 Å². The van der Waals surface area contributed by atoms with Crippen molar-refractivity contribution in [3.05, 3.63) is 83.7 Å². The molecule has 1 aromatic heterocycles. The van der Waals surface area contributed by atoms with Crippen LogP contribution in [0.5, 0.6) is 0 Å². The van der Waals surface area contributed by atoms with E-state index in [2.05, 4.69) is 0 Å². The van der Waals surface area contributed by atoms with E-state index in [0.29, 0.717) is 17.8 Å². The predicted octanol–water partition coefficient (Wildman–Crippen LogP) is 6.43. The molecule has 28 heavy (non-hydrogen) atoms. The molecule has 4 rings (SSSR count). The number of nitrogens with zero attached hydrogens (tertiary/aromatic N) is 1. The summed E-state index contributed by atoms with van der Waals surface area (Å²) in [4.78, 5) is 0. The molecule has 3 aromatic rings. The Hall–Kier alpha value is -2.75. The van der Waals surface area contributed by atoms with Crippen molar-refractivity contribution in [2.75, 3.05) is 0 Å². The maximum atomic E-state index is 14.3. The first-order chi connectivity index (χ1) is 13.6.